The van der Waals surface area contributed by atoms with Crippen LogP contribution in [0.1, 0.15) is 38.8 Å². The molecule has 2 aliphatic heterocycles. The van der Waals surface area contributed by atoms with E-state index in [9.17, 15) is 0 Å². The summed E-state index contributed by atoms with van der Waals surface area (Å²) in [7, 11) is 0. The minimum atomic E-state index is 0.616. The molecular formula is C26H40N4. The van der Waals surface area contributed by atoms with E-state index in [1.54, 1.807) is 0 Å². The molecule has 2 fully saturated rings. The average molecular weight is 409 g/mol. The van der Waals surface area contributed by atoms with E-state index < -0.39 is 0 Å². The van der Waals surface area contributed by atoms with Crippen molar-refractivity contribution in [3.05, 3.63) is 71.8 Å². The molecule has 2 aromatic carbocycles. The van der Waals surface area contributed by atoms with Gasteiger partial charge in [-0.1, -0.05) is 60.7 Å². The molecule has 30 heavy (non-hydrogen) atoms. The molecule has 4 rings (SSSR count). The van der Waals surface area contributed by atoms with Crippen LogP contribution in [-0.4, -0.2) is 60.1 Å². The summed E-state index contributed by atoms with van der Waals surface area (Å²) in [5.41, 5.74) is 2.83. The van der Waals surface area contributed by atoms with Crippen LogP contribution in [0, 0.1) is 0 Å². The Hall–Kier alpha value is -1.72. The molecule has 2 aliphatic rings. The molecule has 0 unspecified atom stereocenters. The molecule has 0 saturated carbocycles. The van der Waals surface area contributed by atoms with E-state index in [0.717, 1.165) is 39.3 Å². The molecule has 4 atom stereocenters. The van der Waals surface area contributed by atoms with Gasteiger partial charge in [-0.25, -0.2) is 0 Å². The topological polar surface area (TPSA) is 30.5 Å². The van der Waals surface area contributed by atoms with E-state index in [0.29, 0.717) is 24.2 Å². The highest BCUT2D eigenvalue weighted by molar-refractivity contribution is 5.15. The maximum atomic E-state index is 3.51. The fourth-order valence-corrected chi connectivity index (χ4v) is 4.27. The van der Waals surface area contributed by atoms with Gasteiger partial charge in [0.2, 0.25) is 0 Å². The second-order valence-corrected chi connectivity index (χ2v) is 9.15. The van der Waals surface area contributed by atoms with Gasteiger partial charge in [0.05, 0.1) is 0 Å². The van der Waals surface area contributed by atoms with Crippen molar-refractivity contribution in [2.45, 2.75) is 65.0 Å². The molecule has 2 heterocycles. The summed E-state index contributed by atoms with van der Waals surface area (Å²) in [5.74, 6) is 0. The Morgan fingerprint density at radius 2 is 1.00 bits per heavy atom. The van der Waals surface area contributed by atoms with Gasteiger partial charge in [0.15, 0.2) is 0 Å². The molecule has 4 heteroatoms. The van der Waals surface area contributed by atoms with Crippen LogP contribution in [0.4, 0.5) is 0 Å². The Morgan fingerprint density at radius 1 is 0.633 bits per heavy atom. The fourth-order valence-electron chi connectivity index (χ4n) is 4.27. The molecule has 0 bridgehead atoms. The normalized spacial score (nSPS) is 27.9. The van der Waals surface area contributed by atoms with Crippen LogP contribution in [0.25, 0.3) is 0 Å². The number of nitrogens with zero attached hydrogens (tertiary/aromatic N) is 2. The lowest BCUT2D eigenvalue weighted by Gasteiger charge is -2.37. The number of benzene rings is 2. The van der Waals surface area contributed by atoms with Crippen LogP contribution < -0.4 is 10.6 Å². The third-order valence-electron chi connectivity index (χ3n) is 6.24. The second kappa shape index (κ2) is 11.6. The van der Waals surface area contributed by atoms with Crippen molar-refractivity contribution in [1.82, 2.24) is 20.4 Å². The van der Waals surface area contributed by atoms with Gasteiger partial charge in [-0.2, -0.15) is 0 Å². The Labute approximate surface area is 183 Å². The Balaban J connectivity index is 0.000000171. The first kappa shape index (κ1) is 23.0. The standard InChI is InChI=1S/2C13H20N2/c2*1-11-9-15(12(2)8-14-11)10-13-6-4-3-5-7-13/h2*3-7,11-12,14H,8-10H2,1-2H3/t2*11-,12+/m11/s1. The van der Waals surface area contributed by atoms with Crippen LogP contribution in [-0.2, 0) is 13.1 Å². The summed E-state index contributed by atoms with van der Waals surface area (Å²) in [6.07, 6.45) is 0. The first-order valence-electron chi connectivity index (χ1n) is 11.5. The van der Waals surface area contributed by atoms with E-state index >= 15 is 0 Å². The summed E-state index contributed by atoms with van der Waals surface area (Å²) in [4.78, 5) is 5.10. The van der Waals surface area contributed by atoms with Gasteiger partial charge in [0.1, 0.15) is 0 Å². The third-order valence-corrected chi connectivity index (χ3v) is 6.24. The van der Waals surface area contributed by atoms with Gasteiger partial charge in [-0.3, -0.25) is 9.80 Å². The number of piperazine rings is 2. The van der Waals surface area contributed by atoms with Gasteiger partial charge < -0.3 is 10.6 Å². The lowest BCUT2D eigenvalue weighted by atomic mass is 10.1. The first-order valence-corrected chi connectivity index (χ1v) is 11.5. The molecule has 4 nitrogen and oxygen atoms in total. The van der Waals surface area contributed by atoms with Crippen molar-refractivity contribution in [3.63, 3.8) is 0 Å². The van der Waals surface area contributed by atoms with E-state index in [4.69, 9.17) is 0 Å². The highest BCUT2D eigenvalue weighted by Crippen LogP contribution is 2.13. The van der Waals surface area contributed by atoms with E-state index in [2.05, 4.69) is 109 Å². The van der Waals surface area contributed by atoms with Crippen LogP contribution in [0.3, 0.4) is 0 Å². The summed E-state index contributed by atoms with van der Waals surface area (Å²) in [6, 6.07) is 24.0. The SMILES string of the molecule is C[C@@H]1CN(Cc2ccccc2)[C@@H](C)CN1.C[C@@H]1CN(Cc2ccccc2)[C@@H](C)CN1. The van der Waals surface area contributed by atoms with Crippen LogP contribution >= 0.6 is 0 Å². The largest absolute Gasteiger partial charge is 0.311 e. The zero-order valence-electron chi connectivity index (χ0n) is 19.2. The van der Waals surface area contributed by atoms with Crippen LogP contribution in [0.15, 0.2) is 60.7 Å². The fraction of sp³-hybridized carbons (Fsp3) is 0.538. The third kappa shape index (κ3) is 7.21. The second-order valence-electron chi connectivity index (χ2n) is 9.15. The smallest absolute Gasteiger partial charge is 0.0237 e. The van der Waals surface area contributed by atoms with Crippen LogP contribution in [0.5, 0.6) is 0 Å². The van der Waals surface area contributed by atoms with E-state index in [1.807, 2.05) is 0 Å². The number of nitrogens with one attached hydrogen (secondary N) is 2. The van der Waals surface area contributed by atoms with Gasteiger partial charge >= 0.3 is 0 Å². The molecule has 0 amide bonds. The lowest BCUT2D eigenvalue weighted by Crippen LogP contribution is -2.53. The first-order chi connectivity index (χ1) is 14.5. The van der Waals surface area contributed by atoms with Gasteiger partial charge in [-0.15, -0.1) is 0 Å². The molecule has 0 aliphatic carbocycles. The van der Waals surface area contributed by atoms with Gasteiger partial charge in [0, 0.05) is 63.4 Å². The highest BCUT2D eigenvalue weighted by atomic mass is 15.2. The van der Waals surface area contributed by atoms with Crippen molar-refractivity contribution in [3.8, 4) is 0 Å². The predicted molar refractivity (Wildman–Crippen MR) is 128 cm³/mol. The lowest BCUT2D eigenvalue weighted by molar-refractivity contribution is 0.139. The zero-order chi connectivity index (χ0) is 21.3. The van der Waals surface area contributed by atoms with Crippen molar-refractivity contribution in [1.29, 1.82) is 0 Å². The number of hydrogen-bond acceptors (Lipinski definition) is 4. The molecular weight excluding hydrogens is 368 g/mol. The summed E-state index contributed by atoms with van der Waals surface area (Å²) in [5, 5.41) is 7.01. The quantitative estimate of drug-likeness (QED) is 0.807. The molecule has 0 spiro atoms. The Morgan fingerprint density at radius 3 is 1.37 bits per heavy atom. The van der Waals surface area contributed by atoms with Crippen molar-refractivity contribution in [2.24, 2.45) is 0 Å². The monoisotopic (exact) mass is 408 g/mol. The van der Waals surface area contributed by atoms with Crippen molar-refractivity contribution < 1.29 is 0 Å². The molecule has 2 N–H and O–H groups in total. The minimum Gasteiger partial charge on any atom is -0.311 e. The summed E-state index contributed by atoms with van der Waals surface area (Å²) < 4.78 is 0. The number of rotatable bonds is 4. The number of hydrogen-bond donors (Lipinski definition) is 2. The molecule has 2 saturated heterocycles. The average Bonchev–Trinajstić information content (AvgIpc) is 2.75. The highest BCUT2D eigenvalue weighted by Gasteiger charge is 2.22. The summed E-state index contributed by atoms with van der Waals surface area (Å²) in [6.45, 7) is 15.8. The van der Waals surface area contributed by atoms with E-state index in [-0.39, 0.29) is 0 Å². The van der Waals surface area contributed by atoms with Crippen LogP contribution in [0.2, 0.25) is 0 Å². The predicted octanol–water partition coefficient (Wildman–Crippen LogP) is 3.74. The van der Waals surface area contributed by atoms with E-state index in [1.165, 1.54) is 11.1 Å². The van der Waals surface area contributed by atoms with Crippen molar-refractivity contribution in [2.75, 3.05) is 26.2 Å². The maximum absolute atomic E-state index is 3.51. The molecule has 164 valence electrons. The van der Waals surface area contributed by atoms with Gasteiger partial charge in [-0.05, 0) is 38.8 Å². The molecule has 0 aromatic heterocycles. The van der Waals surface area contributed by atoms with Gasteiger partial charge in [0.25, 0.3) is 0 Å². The Kier molecular flexibility index (Phi) is 8.88. The maximum Gasteiger partial charge on any atom is 0.0237 e. The van der Waals surface area contributed by atoms with Crippen molar-refractivity contribution >= 4 is 0 Å². The molecule has 2 aromatic rings. The zero-order valence-corrected chi connectivity index (χ0v) is 19.2. The summed E-state index contributed by atoms with van der Waals surface area (Å²) >= 11 is 0. The minimum absolute atomic E-state index is 0.616. The Bertz CT molecular complexity index is 657. The molecule has 0 radical (unpaired) electrons.